The molecule has 1 saturated carbocycles. The van der Waals surface area contributed by atoms with E-state index in [-0.39, 0.29) is 22.5 Å². The first-order chi connectivity index (χ1) is 10.8. The average molecular weight is 327 g/mol. The third-order valence-corrected chi connectivity index (χ3v) is 3.78. The van der Waals surface area contributed by atoms with Gasteiger partial charge in [0.25, 0.3) is 0 Å². The minimum atomic E-state index is -3.34. The van der Waals surface area contributed by atoms with Gasteiger partial charge in [-0.3, -0.25) is 4.79 Å². The molecule has 0 atom stereocenters. The molecule has 23 heavy (non-hydrogen) atoms. The molecule has 9 heteroatoms. The van der Waals surface area contributed by atoms with Gasteiger partial charge in [0.1, 0.15) is 5.69 Å². The van der Waals surface area contributed by atoms with Crippen molar-refractivity contribution in [2.24, 2.45) is 0 Å². The molecule has 1 aromatic carbocycles. The van der Waals surface area contributed by atoms with E-state index in [0.717, 1.165) is 12.1 Å². The summed E-state index contributed by atoms with van der Waals surface area (Å²) in [7, 11) is -3.34. The zero-order valence-electron chi connectivity index (χ0n) is 11.9. The van der Waals surface area contributed by atoms with E-state index in [1.54, 1.807) is 0 Å². The summed E-state index contributed by atoms with van der Waals surface area (Å²) in [6.45, 7) is 1.25. The Bertz CT molecular complexity index is 877. The van der Waals surface area contributed by atoms with Crippen molar-refractivity contribution in [3.8, 4) is 0 Å². The quantitative estimate of drug-likeness (QED) is 0.643. The summed E-state index contributed by atoms with van der Waals surface area (Å²) in [6.07, 6.45) is 1.26. The summed E-state index contributed by atoms with van der Waals surface area (Å²) >= 11 is 0. The Balaban J connectivity index is 2.35. The molecule has 0 aliphatic heterocycles. The summed E-state index contributed by atoms with van der Waals surface area (Å²) in [5.41, 5.74) is -1.34. The van der Waals surface area contributed by atoms with Crippen molar-refractivity contribution < 1.29 is 26.9 Å². The molecule has 1 heterocycles. The van der Waals surface area contributed by atoms with Gasteiger partial charge >= 0.3 is 13.4 Å². The summed E-state index contributed by atoms with van der Waals surface area (Å²) in [5.74, 6) is -3.71. The second-order valence-corrected chi connectivity index (χ2v) is 5.35. The molecular formula is C14H10BF4NO3. The number of aryl methyl sites for hydroxylation is 1. The molecule has 0 amide bonds. The van der Waals surface area contributed by atoms with Gasteiger partial charge in [-0.1, -0.05) is 0 Å². The van der Waals surface area contributed by atoms with Gasteiger partial charge in [0, 0.05) is 23.7 Å². The van der Waals surface area contributed by atoms with Gasteiger partial charge in [-0.15, -0.1) is 0 Å². The van der Waals surface area contributed by atoms with Crippen LogP contribution in [0.4, 0.5) is 17.4 Å². The van der Waals surface area contributed by atoms with E-state index < -0.39 is 36.2 Å². The number of aromatic nitrogens is 1. The predicted octanol–water partition coefficient (Wildman–Crippen LogP) is 3.00. The number of carbonyl (C=O) groups is 1. The predicted molar refractivity (Wildman–Crippen MR) is 74.5 cm³/mol. The number of benzene rings is 1. The fourth-order valence-electron chi connectivity index (χ4n) is 2.66. The molecule has 0 unspecified atom stereocenters. The van der Waals surface area contributed by atoms with E-state index in [0.29, 0.717) is 12.8 Å². The van der Waals surface area contributed by atoms with Crippen LogP contribution in [-0.4, -0.2) is 18.0 Å². The molecule has 0 spiro atoms. The highest BCUT2D eigenvalue weighted by Crippen LogP contribution is 2.39. The number of pyridine rings is 1. The normalized spacial score (nSPS) is 14.1. The molecule has 3 rings (SSSR count). The van der Waals surface area contributed by atoms with Gasteiger partial charge in [0.2, 0.25) is 0 Å². The lowest BCUT2D eigenvalue weighted by Crippen LogP contribution is -2.23. The molecule has 1 aromatic heterocycles. The highest BCUT2D eigenvalue weighted by molar-refractivity contribution is 6.38. The van der Waals surface area contributed by atoms with Crippen LogP contribution < -0.4 is 5.43 Å². The van der Waals surface area contributed by atoms with Gasteiger partial charge in [0.05, 0.1) is 10.9 Å². The second kappa shape index (κ2) is 5.40. The molecule has 0 bridgehead atoms. The number of nitrogens with zero attached hydrogens (tertiary/aromatic N) is 1. The largest absolute Gasteiger partial charge is 0.798 e. The fraction of sp³-hybridized carbons (Fsp3) is 0.286. The summed E-state index contributed by atoms with van der Waals surface area (Å²) in [4.78, 5) is 24.0. The monoisotopic (exact) mass is 327 g/mol. The standard InChI is InChI=1S/C14H10BF4NO3/c1-6-12-9(4-8(16)13(6)17)20(7-2-3-7)10(5-11(12)21)14(22)23-15(18)19/h4-5,7H,2-3H2,1H3. The van der Waals surface area contributed by atoms with Crippen LogP contribution in [0.25, 0.3) is 10.9 Å². The number of carbonyl (C=O) groups excluding carboxylic acids is 1. The lowest BCUT2D eigenvalue weighted by atomic mass is 10.1. The maximum absolute atomic E-state index is 13.7. The van der Waals surface area contributed by atoms with Gasteiger partial charge in [0.15, 0.2) is 17.1 Å². The molecule has 0 radical (unpaired) electrons. The van der Waals surface area contributed by atoms with Crippen LogP contribution in [0.1, 0.15) is 34.9 Å². The lowest BCUT2D eigenvalue weighted by Gasteiger charge is -2.16. The first-order valence-electron chi connectivity index (χ1n) is 6.84. The average Bonchev–Trinajstić information content (AvgIpc) is 3.27. The molecule has 2 aromatic rings. The van der Waals surface area contributed by atoms with Gasteiger partial charge in [-0.25, -0.2) is 22.2 Å². The van der Waals surface area contributed by atoms with Crippen molar-refractivity contribution in [2.75, 3.05) is 0 Å². The van der Waals surface area contributed by atoms with Crippen molar-refractivity contribution in [3.05, 3.63) is 45.2 Å². The molecule has 1 aliphatic carbocycles. The Hall–Kier alpha value is -2.32. The topological polar surface area (TPSA) is 48.3 Å². The van der Waals surface area contributed by atoms with Crippen molar-refractivity contribution >= 4 is 24.3 Å². The maximum atomic E-state index is 13.7. The van der Waals surface area contributed by atoms with Crippen LogP contribution in [0.15, 0.2) is 16.9 Å². The molecule has 120 valence electrons. The van der Waals surface area contributed by atoms with Crippen molar-refractivity contribution in [3.63, 3.8) is 0 Å². The molecule has 4 nitrogen and oxygen atoms in total. The lowest BCUT2D eigenvalue weighted by molar-refractivity contribution is 0.0683. The van der Waals surface area contributed by atoms with E-state index in [1.807, 2.05) is 0 Å². The van der Waals surface area contributed by atoms with Crippen LogP contribution in [-0.2, 0) is 4.65 Å². The first kappa shape index (κ1) is 15.6. The first-order valence-corrected chi connectivity index (χ1v) is 6.84. The molecule has 0 N–H and O–H groups in total. The third kappa shape index (κ3) is 2.60. The number of hydrogen-bond acceptors (Lipinski definition) is 3. The summed E-state index contributed by atoms with van der Waals surface area (Å²) in [6, 6.07) is 1.38. The minimum Gasteiger partial charge on any atom is -0.473 e. The third-order valence-electron chi connectivity index (χ3n) is 3.78. The number of rotatable bonds is 3. The number of fused-ring (bicyclic) bond motifs is 1. The maximum Gasteiger partial charge on any atom is 0.798 e. The second-order valence-electron chi connectivity index (χ2n) is 5.35. The van der Waals surface area contributed by atoms with E-state index >= 15 is 0 Å². The van der Waals surface area contributed by atoms with Crippen LogP contribution in [0.5, 0.6) is 0 Å². The molecule has 1 fully saturated rings. The Morgan fingerprint density at radius 3 is 2.52 bits per heavy atom. The Kier molecular flexibility index (Phi) is 3.65. The fourth-order valence-corrected chi connectivity index (χ4v) is 2.66. The summed E-state index contributed by atoms with van der Waals surface area (Å²) < 4.78 is 57.1. The SMILES string of the molecule is Cc1c(F)c(F)cc2c1c(=O)cc(C(=O)OB(F)F)n2C1CC1. The zero-order valence-corrected chi connectivity index (χ0v) is 11.9. The smallest absolute Gasteiger partial charge is 0.473 e. The van der Waals surface area contributed by atoms with E-state index in [1.165, 1.54) is 11.5 Å². The van der Waals surface area contributed by atoms with Gasteiger partial charge in [-0.2, -0.15) is 0 Å². The Labute approximate surface area is 127 Å². The Morgan fingerprint density at radius 2 is 1.96 bits per heavy atom. The van der Waals surface area contributed by atoms with E-state index in [2.05, 4.69) is 4.65 Å². The molecule has 0 saturated heterocycles. The number of halogens is 4. The van der Waals surface area contributed by atoms with E-state index in [4.69, 9.17) is 0 Å². The van der Waals surface area contributed by atoms with Crippen molar-refractivity contribution in [2.45, 2.75) is 25.8 Å². The minimum absolute atomic E-state index is 0.00221. The van der Waals surface area contributed by atoms with Gasteiger partial charge < -0.3 is 9.22 Å². The van der Waals surface area contributed by atoms with Crippen molar-refractivity contribution in [1.82, 2.24) is 4.57 Å². The van der Waals surface area contributed by atoms with Crippen LogP contribution >= 0.6 is 0 Å². The van der Waals surface area contributed by atoms with Crippen LogP contribution in [0.3, 0.4) is 0 Å². The highest BCUT2D eigenvalue weighted by Gasteiger charge is 2.33. The molecule has 1 aliphatic rings. The van der Waals surface area contributed by atoms with Gasteiger partial charge in [-0.05, 0) is 19.8 Å². The zero-order chi connectivity index (χ0) is 16.9. The van der Waals surface area contributed by atoms with Crippen molar-refractivity contribution in [1.29, 1.82) is 0 Å². The Morgan fingerprint density at radius 1 is 1.30 bits per heavy atom. The van der Waals surface area contributed by atoms with Crippen LogP contribution in [0, 0.1) is 18.6 Å². The highest BCUT2D eigenvalue weighted by atomic mass is 19.2. The van der Waals surface area contributed by atoms with Crippen LogP contribution in [0.2, 0.25) is 0 Å². The van der Waals surface area contributed by atoms with E-state index in [9.17, 15) is 27.0 Å². The summed E-state index contributed by atoms with van der Waals surface area (Å²) in [5, 5.41) is -0.0793. The number of hydrogen-bond donors (Lipinski definition) is 0. The molecular weight excluding hydrogens is 317 g/mol.